The highest BCUT2D eigenvalue weighted by Crippen LogP contribution is 2.22. The smallest absolute Gasteiger partial charge is 0.118 e. The predicted octanol–water partition coefficient (Wildman–Crippen LogP) is 4.08. The van der Waals surface area contributed by atoms with E-state index in [1.54, 1.807) is 18.9 Å². The molecule has 0 spiro atoms. The molecular formula is C17H20O2S. The molecule has 0 aliphatic heterocycles. The molecule has 2 nitrogen and oxygen atoms in total. The van der Waals surface area contributed by atoms with Crippen molar-refractivity contribution in [2.45, 2.75) is 23.8 Å². The number of hydrogen-bond acceptors (Lipinski definition) is 3. The van der Waals surface area contributed by atoms with Gasteiger partial charge in [-0.1, -0.05) is 24.3 Å². The number of aliphatic hydroxyl groups is 1. The summed E-state index contributed by atoms with van der Waals surface area (Å²) >= 11 is 1.74. The summed E-state index contributed by atoms with van der Waals surface area (Å²) < 4.78 is 5.12. The average Bonchev–Trinajstić information content (AvgIpc) is 2.53. The maximum absolute atomic E-state index is 10.2. The molecule has 1 N–H and O–H groups in total. The van der Waals surface area contributed by atoms with Crippen LogP contribution in [0.4, 0.5) is 0 Å². The molecule has 1 atom stereocenters. The molecule has 0 amide bonds. The van der Waals surface area contributed by atoms with Crippen LogP contribution in [0.2, 0.25) is 0 Å². The van der Waals surface area contributed by atoms with Gasteiger partial charge in [0, 0.05) is 4.90 Å². The van der Waals surface area contributed by atoms with Crippen LogP contribution in [0.3, 0.4) is 0 Å². The molecule has 0 saturated carbocycles. The lowest BCUT2D eigenvalue weighted by Gasteiger charge is -2.11. The van der Waals surface area contributed by atoms with Crippen LogP contribution in [0.1, 0.15) is 23.7 Å². The van der Waals surface area contributed by atoms with E-state index in [-0.39, 0.29) is 0 Å². The molecule has 0 aliphatic rings. The third kappa shape index (κ3) is 4.02. The first-order chi connectivity index (χ1) is 9.72. The quantitative estimate of drug-likeness (QED) is 0.812. The van der Waals surface area contributed by atoms with E-state index in [9.17, 15) is 5.11 Å². The fraction of sp³-hybridized carbons (Fsp3) is 0.294. The van der Waals surface area contributed by atoms with Crippen molar-refractivity contribution in [2.75, 3.05) is 13.4 Å². The standard InChI is InChI=1S/C17H20O2S/c1-19-15-8-6-14(7-9-15)17(18)12-5-13-3-10-16(20-2)11-4-13/h3-4,6-11,17-18H,5,12H2,1-2H3. The normalized spacial score (nSPS) is 12.2. The molecule has 1 unspecified atom stereocenters. The van der Waals surface area contributed by atoms with Crippen LogP contribution in [0.5, 0.6) is 5.75 Å². The number of aliphatic hydroxyl groups excluding tert-OH is 1. The van der Waals surface area contributed by atoms with Gasteiger partial charge in [-0.2, -0.15) is 0 Å². The number of thioether (sulfide) groups is 1. The van der Waals surface area contributed by atoms with Gasteiger partial charge in [0.05, 0.1) is 13.2 Å². The van der Waals surface area contributed by atoms with Crippen LogP contribution in [-0.2, 0) is 6.42 Å². The van der Waals surface area contributed by atoms with E-state index in [4.69, 9.17) is 4.74 Å². The molecule has 2 rings (SSSR count). The molecular weight excluding hydrogens is 268 g/mol. The maximum Gasteiger partial charge on any atom is 0.118 e. The third-order valence-corrected chi connectivity index (χ3v) is 4.11. The molecule has 0 radical (unpaired) electrons. The van der Waals surface area contributed by atoms with Crippen molar-refractivity contribution in [1.29, 1.82) is 0 Å². The summed E-state index contributed by atoms with van der Waals surface area (Å²) in [5.74, 6) is 0.814. The zero-order valence-electron chi connectivity index (χ0n) is 11.9. The number of hydrogen-bond donors (Lipinski definition) is 1. The lowest BCUT2D eigenvalue weighted by Crippen LogP contribution is -1.99. The average molecular weight is 288 g/mol. The Hall–Kier alpha value is -1.45. The number of methoxy groups -OCH3 is 1. The second-order valence-corrected chi connectivity index (χ2v) is 5.56. The number of benzene rings is 2. The molecule has 0 bridgehead atoms. The Balaban J connectivity index is 1.91. The lowest BCUT2D eigenvalue weighted by atomic mass is 10.0. The maximum atomic E-state index is 10.2. The highest BCUT2D eigenvalue weighted by Gasteiger charge is 2.08. The summed E-state index contributed by atoms with van der Waals surface area (Å²) in [7, 11) is 1.64. The minimum atomic E-state index is -0.430. The van der Waals surface area contributed by atoms with Crippen LogP contribution in [0.25, 0.3) is 0 Å². The summed E-state index contributed by atoms with van der Waals surface area (Å²) in [5, 5.41) is 10.2. The van der Waals surface area contributed by atoms with E-state index in [0.717, 1.165) is 24.2 Å². The van der Waals surface area contributed by atoms with Gasteiger partial charge in [-0.05, 0) is 54.5 Å². The predicted molar refractivity (Wildman–Crippen MR) is 84.5 cm³/mol. The van der Waals surface area contributed by atoms with Crippen LogP contribution >= 0.6 is 11.8 Å². The molecule has 0 aliphatic carbocycles. The van der Waals surface area contributed by atoms with Gasteiger partial charge in [-0.15, -0.1) is 11.8 Å². The van der Waals surface area contributed by atoms with Crippen molar-refractivity contribution in [3.05, 3.63) is 59.7 Å². The minimum absolute atomic E-state index is 0.430. The summed E-state index contributed by atoms with van der Waals surface area (Å²) in [6.07, 6.45) is 3.25. The number of ether oxygens (including phenoxy) is 1. The van der Waals surface area contributed by atoms with E-state index in [1.807, 2.05) is 24.3 Å². The van der Waals surface area contributed by atoms with E-state index >= 15 is 0 Å². The zero-order valence-corrected chi connectivity index (χ0v) is 12.7. The third-order valence-electron chi connectivity index (χ3n) is 3.37. The SMILES string of the molecule is COc1ccc(C(O)CCc2ccc(SC)cc2)cc1. The Bertz CT molecular complexity index is 520. The molecule has 0 fully saturated rings. The van der Waals surface area contributed by atoms with Gasteiger partial charge in [-0.3, -0.25) is 0 Å². The molecule has 0 saturated heterocycles. The molecule has 3 heteroatoms. The number of aryl methyl sites for hydroxylation is 1. The zero-order chi connectivity index (χ0) is 14.4. The van der Waals surface area contributed by atoms with E-state index in [1.165, 1.54) is 10.5 Å². The van der Waals surface area contributed by atoms with Crippen molar-refractivity contribution < 1.29 is 9.84 Å². The van der Waals surface area contributed by atoms with Crippen LogP contribution in [0, 0.1) is 0 Å². The van der Waals surface area contributed by atoms with Gasteiger partial charge in [0.15, 0.2) is 0 Å². The number of rotatable bonds is 6. The van der Waals surface area contributed by atoms with Crippen molar-refractivity contribution >= 4 is 11.8 Å². The fourth-order valence-electron chi connectivity index (χ4n) is 2.09. The van der Waals surface area contributed by atoms with Crippen LogP contribution in [0.15, 0.2) is 53.4 Å². The highest BCUT2D eigenvalue weighted by molar-refractivity contribution is 7.98. The highest BCUT2D eigenvalue weighted by atomic mass is 32.2. The first kappa shape index (κ1) is 14.9. The lowest BCUT2D eigenvalue weighted by molar-refractivity contribution is 0.168. The molecule has 20 heavy (non-hydrogen) atoms. The Kier molecular flexibility index (Phi) is 5.50. The monoisotopic (exact) mass is 288 g/mol. The van der Waals surface area contributed by atoms with Crippen LogP contribution in [-0.4, -0.2) is 18.5 Å². The summed E-state index contributed by atoms with van der Waals surface area (Å²) in [6.45, 7) is 0. The fourth-order valence-corrected chi connectivity index (χ4v) is 2.50. The Labute approximate surface area is 124 Å². The summed E-state index contributed by atoms with van der Waals surface area (Å²) in [4.78, 5) is 1.27. The van der Waals surface area contributed by atoms with Gasteiger partial charge in [-0.25, -0.2) is 0 Å². The second kappa shape index (κ2) is 7.36. The molecule has 2 aromatic carbocycles. The Morgan fingerprint density at radius 2 is 1.70 bits per heavy atom. The van der Waals surface area contributed by atoms with Gasteiger partial charge in [0.1, 0.15) is 5.75 Å². The summed E-state index contributed by atoms with van der Waals surface area (Å²) in [6, 6.07) is 16.1. The molecule has 0 heterocycles. The van der Waals surface area contributed by atoms with Crippen molar-refractivity contribution in [3.63, 3.8) is 0 Å². The Morgan fingerprint density at radius 1 is 1.05 bits per heavy atom. The van der Waals surface area contributed by atoms with E-state index < -0.39 is 6.10 Å². The van der Waals surface area contributed by atoms with Gasteiger partial charge >= 0.3 is 0 Å². The van der Waals surface area contributed by atoms with Crippen molar-refractivity contribution in [3.8, 4) is 5.75 Å². The van der Waals surface area contributed by atoms with Gasteiger partial charge < -0.3 is 9.84 Å². The van der Waals surface area contributed by atoms with Gasteiger partial charge in [0.25, 0.3) is 0 Å². The second-order valence-electron chi connectivity index (χ2n) is 4.68. The first-order valence-corrected chi connectivity index (χ1v) is 7.90. The topological polar surface area (TPSA) is 29.5 Å². The molecule has 0 aromatic heterocycles. The molecule has 106 valence electrons. The van der Waals surface area contributed by atoms with Gasteiger partial charge in [0.2, 0.25) is 0 Å². The van der Waals surface area contributed by atoms with E-state index in [0.29, 0.717) is 0 Å². The van der Waals surface area contributed by atoms with Crippen LogP contribution < -0.4 is 4.74 Å². The first-order valence-electron chi connectivity index (χ1n) is 6.68. The molecule has 2 aromatic rings. The Morgan fingerprint density at radius 3 is 2.25 bits per heavy atom. The van der Waals surface area contributed by atoms with Crippen molar-refractivity contribution in [2.24, 2.45) is 0 Å². The summed E-state index contributed by atoms with van der Waals surface area (Å²) in [5.41, 5.74) is 2.20. The largest absolute Gasteiger partial charge is 0.497 e. The van der Waals surface area contributed by atoms with E-state index in [2.05, 4.69) is 30.5 Å². The van der Waals surface area contributed by atoms with Crippen molar-refractivity contribution in [1.82, 2.24) is 0 Å². The minimum Gasteiger partial charge on any atom is -0.497 e.